The topological polar surface area (TPSA) is 58.6 Å². The second-order valence-electron chi connectivity index (χ2n) is 5.79. The van der Waals surface area contributed by atoms with E-state index in [2.05, 4.69) is 26.2 Å². The minimum atomic E-state index is -1.03. The second-order valence-corrected chi connectivity index (χ2v) is 7.29. The Hall–Kier alpha value is -1.24. The van der Waals surface area contributed by atoms with E-state index in [1.54, 1.807) is 0 Å². The number of rotatable bonds is 4. The molecule has 0 aromatic heterocycles. The van der Waals surface area contributed by atoms with E-state index in [1.165, 1.54) is 10.5 Å². The summed E-state index contributed by atoms with van der Waals surface area (Å²) in [7, 11) is 2.22. The van der Waals surface area contributed by atoms with Crippen molar-refractivity contribution in [2.75, 3.05) is 38.7 Å². The Morgan fingerprint density at radius 1 is 1.38 bits per heavy atom. The number of carboxylic acid groups (broad SMARTS) is 1. The number of quaternary nitrogens is 1. The average Bonchev–Trinajstić information content (AvgIpc) is 2.40. The molecular weight excluding hydrogens is 288 g/mol. The van der Waals surface area contributed by atoms with Crippen molar-refractivity contribution in [1.29, 1.82) is 0 Å². The Bertz CT molecular complexity index is 514. The van der Waals surface area contributed by atoms with Gasteiger partial charge in [0.05, 0.1) is 25.2 Å². The highest BCUT2D eigenvalue weighted by atomic mass is 32.2. The number of morpholine rings is 1. The molecule has 21 heavy (non-hydrogen) atoms. The highest BCUT2D eigenvalue weighted by molar-refractivity contribution is 7.93. The van der Waals surface area contributed by atoms with Gasteiger partial charge in [0.2, 0.25) is 0 Å². The van der Waals surface area contributed by atoms with Gasteiger partial charge in [-0.15, -0.1) is 0 Å². The standard InChI is InChI=1S/C15H22N2O3S/c1-11(2)13-10-12(16-15(18)19)4-5-14(13)21-17(3)6-8-20-9-7-17/h4-5,10-11,16H,6-9H2,1-3H3/p+1. The van der Waals surface area contributed by atoms with Crippen LogP contribution in [0.4, 0.5) is 10.5 Å². The summed E-state index contributed by atoms with van der Waals surface area (Å²) in [4.78, 5) is 12.0. The molecule has 1 aliphatic heterocycles. The van der Waals surface area contributed by atoms with Gasteiger partial charge in [0.15, 0.2) is 0 Å². The van der Waals surface area contributed by atoms with E-state index >= 15 is 0 Å². The van der Waals surface area contributed by atoms with Crippen molar-refractivity contribution >= 4 is 23.7 Å². The van der Waals surface area contributed by atoms with E-state index in [-0.39, 0.29) is 0 Å². The van der Waals surface area contributed by atoms with E-state index in [0.29, 0.717) is 11.6 Å². The minimum absolute atomic E-state index is 0.343. The molecule has 2 N–H and O–H groups in total. The Labute approximate surface area is 130 Å². The van der Waals surface area contributed by atoms with E-state index in [4.69, 9.17) is 9.84 Å². The first-order valence-electron chi connectivity index (χ1n) is 7.15. The van der Waals surface area contributed by atoms with Crippen molar-refractivity contribution in [2.45, 2.75) is 24.7 Å². The van der Waals surface area contributed by atoms with Gasteiger partial charge in [-0.25, -0.2) is 4.79 Å². The first-order valence-corrected chi connectivity index (χ1v) is 7.93. The summed E-state index contributed by atoms with van der Waals surface area (Å²) in [5, 5.41) is 11.3. The maximum atomic E-state index is 10.8. The van der Waals surface area contributed by atoms with Crippen LogP contribution in [-0.4, -0.2) is 48.4 Å². The fraction of sp³-hybridized carbons (Fsp3) is 0.533. The molecule has 116 valence electrons. The number of anilines is 1. The summed E-state index contributed by atoms with van der Waals surface area (Å²) < 4.78 is 6.33. The molecule has 1 aromatic carbocycles. The van der Waals surface area contributed by atoms with Gasteiger partial charge >= 0.3 is 6.09 Å². The molecule has 0 radical (unpaired) electrons. The zero-order chi connectivity index (χ0) is 15.5. The summed E-state index contributed by atoms with van der Waals surface area (Å²) >= 11 is 1.83. The largest absolute Gasteiger partial charge is 0.465 e. The quantitative estimate of drug-likeness (QED) is 0.661. The van der Waals surface area contributed by atoms with Crippen LogP contribution < -0.4 is 5.32 Å². The lowest BCUT2D eigenvalue weighted by molar-refractivity contribution is -0.784. The van der Waals surface area contributed by atoms with Crippen molar-refractivity contribution in [3.8, 4) is 0 Å². The second kappa shape index (κ2) is 6.68. The van der Waals surface area contributed by atoms with Crippen molar-refractivity contribution in [3.63, 3.8) is 0 Å². The Morgan fingerprint density at radius 2 is 2.05 bits per heavy atom. The third kappa shape index (κ3) is 4.36. The van der Waals surface area contributed by atoms with Crippen LogP contribution in [0.2, 0.25) is 0 Å². The predicted octanol–water partition coefficient (Wildman–Crippen LogP) is 3.38. The molecule has 0 spiro atoms. The van der Waals surface area contributed by atoms with Crippen LogP contribution in [0, 0.1) is 0 Å². The molecule has 1 saturated heterocycles. The minimum Gasteiger partial charge on any atom is -0.465 e. The van der Waals surface area contributed by atoms with Crippen molar-refractivity contribution in [3.05, 3.63) is 23.8 Å². The van der Waals surface area contributed by atoms with Gasteiger partial charge in [-0.2, -0.15) is 0 Å². The Morgan fingerprint density at radius 3 is 2.62 bits per heavy atom. The number of benzene rings is 1. The normalized spacial score (nSPS) is 17.7. The lowest BCUT2D eigenvalue weighted by Gasteiger charge is -2.35. The van der Waals surface area contributed by atoms with Crippen molar-refractivity contribution in [1.82, 2.24) is 0 Å². The van der Waals surface area contributed by atoms with Crippen LogP contribution in [-0.2, 0) is 4.74 Å². The third-order valence-electron chi connectivity index (χ3n) is 3.62. The first-order chi connectivity index (χ1) is 9.89. The third-order valence-corrected chi connectivity index (χ3v) is 4.99. The maximum Gasteiger partial charge on any atom is 0.409 e. The van der Waals surface area contributed by atoms with Crippen LogP contribution in [0.15, 0.2) is 23.1 Å². The number of ether oxygens (including phenoxy) is 1. The zero-order valence-electron chi connectivity index (χ0n) is 12.8. The molecule has 1 aliphatic rings. The van der Waals surface area contributed by atoms with E-state index in [9.17, 15) is 4.79 Å². The maximum absolute atomic E-state index is 10.8. The van der Waals surface area contributed by atoms with Crippen molar-refractivity contribution < 1.29 is 18.5 Å². The van der Waals surface area contributed by atoms with Crippen LogP contribution in [0.5, 0.6) is 0 Å². The summed E-state index contributed by atoms with van der Waals surface area (Å²) in [6, 6.07) is 5.78. The Kier molecular flexibility index (Phi) is 5.13. The molecule has 1 fully saturated rings. The Balaban J connectivity index is 2.23. The zero-order valence-corrected chi connectivity index (χ0v) is 13.6. The molecule has 0 aliphatic carbocycles. The number of amides is 1. The number of likely N-dealkylation sites (N-methyl/N-ethyl adjacent to an activating group) is 1. The smallest absolute Gasteiger partial charge is 0.409 e. The highest BCUT2D eigenvalue weighted by Gasteiger charge is 2.29. The van der Waals surface area contributed by atoms with Gasteiger partial charge in [-0.1, -0.05) is 13.8 Å². The van der Waals surface area contributed by atoms with E-state index in [1.807, 2.05) is 30.1 Å². The lowest BCUT2D eigenvalue weighted by Crippen LogP contribution is -2.46. The van der Waals surface area contributed by atoms with Crippen LogP contribution in [0.25, 0.3) is 0 Å². The monoisotopic (exact) mass is 311 g/mol. The molecule has 1 aromatic rings. The molecular formula is C15H23N2O3S+. The number of nitrogens with zero attached hydrogens (tertiary/aromatic N) is 1. The molecule has 2 rings (SSSR count). The number of nitrogens with one attached hydrogen (secondary N) is 1. The molecule has 0 unspecified atom stereocenters. The summed E-state index contributed by atoms with van der Waals surface area (Å²) in [5.41, 5.74) is 1.80. The summed E-state index contributed by atoms with van der Waals surface area (Å²) in [6.07, 6.45) is -1.03. The molecule has 0 saturated carbocycles. The van der Waals surface area contributed by atoms with Gasteiger partial charge < -0.3 is 9.84 Å². The van der Waals surface area contributed by atoms with Crippen LogP contribution >= 0.6 is 11.9 Å². The first kappa shape index (κ1) is 16.1. The summed E-state index contributed by atoms with van der Waals surface area (Å²) in [5.74, 6) is 0.343. The number of hydrogen-bond donors (Lipinski definition) is 2. The number of hydrogen-bond acceptors (Lipinski definition) is 3. The fourth-order valence-electron chi connectivity index (χ4n) is 2.34. The number of carbonyl (C=O) groups is 1. The molecule has 1 heterocycles. The highest BCUT2D eigenvalue weighted by Crippen LogP contribution is 2.36. The van der Waals surface area contributed by atoms with Crippen molar-refractivity contribution in [2.24, 2.45) is 0 Å². The van der Waals surface area contributed by atoms with Gasteiger partial charge in [-0.05, 0) is 29.7 Å². The molecule has 1 amide bonds. The van der Waals surface area contributed by atoms with Gasteiger partial charge in [0.1, 0.15) is 25.0 Å². The molecule has 0 bridgehead atoms. The van der Waals surface area contributed by atoms with Crippen LogP contribution in [0.1, 0.15) is 25.3 Å². The predicted molar refractivity (Wildman–Crippen MR) is 84.8 cm³/mol. The lowest BCUT2D eigenvalue weighted by atomic mass is 10.0. The molecule has 5 nitrogen and oxygen atoms in total. The van der Waals surface area contributed by atoms with Gasteiger partial charge in [-0.3, -0.25) is 9.21 Å². The molecule has 0 atom stereocenters. The molecule has 6 heteroatoms. The van der Waals surface area contributed by atoms with Crippen LogP contribution in [0.3, 0.4) is 0 Å². The summed E-state index contributed by atoms with van der Waals surface area (Å²) in [6.45, 7) is 7.81. The van der Waals surface area contributed by atoms with E-state index in [0.717, 1.165) is 30.2 Å². The van der Waals surface area contributed by atoms with Gasteiger partial charge in [0.25, 0.3) is 0 Å². The van der Waals surface area contributed by atoms with Gasteiger partial charge in [0, 0.05) is 5.69 Å². The average molecular weight is 311 g/mol. The van der Waals surface area contributed by atoms with E-state index < -0.39 is 6.09 Å². The fourth-order valence-corrected chi connectivity index (χ4v) is 3.68. The SMILES string of the molecule is CC(C)c1cc(NC(=O)O)ccc1S[N+]1(C)CCOCC1.